The van der Waals surface area contributed by atoms with Crippen molar-refractivity contribution in [2.24, 2.45) is 0 Å². The minimum atomic E-state index is -0.766. The molecule has 1 atom stereocenters. The predicted octanol–water partition coefficient (Wildman–Crippen LogP) is 19.3. The highest BCUT2D eigenvalue weighted by molar-refractivity contribution is 5.71. The zero-order valence-corrected chi connectivity index (χ0v) is 44.0. The van der Waals surface area contributed by atoms with Crippen LogP contribution in [0, 0.1) is 0 Å². The summed E-state index contributed by atoms with van der Waals surface area (Å²) in [4.78, 5) is 38.1. The van der Waals surface area contributed by atoms with Crippen molar-refractivity contribution in [1.29, 1.82) is 0 Å². The molecule has 0 spiro atoms. The number of rotatable bonds is 54. The summed E-state index contributed by atoms with van der Waals surface area (Å²) in [5.41, 5.74) is 0. The molecule has 65 heavy (non-hydrogen) atoms. The SMILES string of the molecule is CCCCCCCC/C=C\CCCCCCCCCC(=O)OCC(COC(=O)CCCCCCCCCCCCCCCCC)OC(=O)CCCCCCCCCCCCCCCCC. The van der Waals surface area contributed by atoms with E-state index in [-0.39, 0.29) is 31.1 Å². The second-order valence-electron chi connectivity index (χ2n) is 19.9. The molecule has 6 nitrogen and oxygen atoms in total. The fraction of sp³-hybridized carbons (Fsp3) is 0.915. The van der Waals surface area contributed by atoms with Crippen molar-refractivity contribution in [3.63, 3.8) is 0 Å². The predicted molar refractivity (Wildman–Crippen MR) is 280 cm³/mol. The van der Waals surface area contributed by atoms with Gasteiger partial charge in [-0.3, -0.25) is 14.4 Å². The van der Waals surface area contributed by atoms with Crippen LogP contribution in [0.2, 0.25) is 0 Å². The fourth-order valence-corrected chi connectivity index (χ4v) is 8.85. The largest absolute Gasteiger partial charge is 0.462 e. The second-order valence-corrected chi connectivity index (χ2v) is 19.9. The number of hydrogen-bond acceptors (Lipinski definition) is 6. The van der Waals surface area contributed by atoms with Gasteiger partial charge >= 0.3 is 17.9 Å². The Hall–Kier alpha value is -1.85. The number of ether oxygens (including phenoxy) is 3. The number of carbonyl (C=O) groups is 3. The third-order valence-electron chi connectivity index (χ3n) is 13.3. The van der Waals surface area contributed by atoms with Crippen LogP contribution in [0.25, 0.3) is 0 Å². The highest BCUT2D eigenvalue weighted by Crippen LogP contribution is 2.17. The number of allylic oxidation sites excluding steroid dienone is 2. The summed E-state index contributed by atoms with van der Waals surface area (Å²) in [6.45, 7) is 6.69. The smallest absolute Gasteiger partial charge is 0.306 e. The molecular weight excluding hydrogens is 805 g/mol. The molecule has 0 heterocycles. The van der Waals surface area contributed by atoms with E-state index in [9.17, 15) is 14.4 Å². The van der Waals surface area contributed by atoms with Crippen LogP contribution in [-0.2, 0) is 28.6 Å². The van der Waals surface area contributed by atoms with Crippen LogP contribution in [0.15, 0.2) is 12.2 Å². The van der Waals surface area contributed by atoms with Gasteiger partial charge in [0.25, 0.3) is 0 Å². The lowest BCUT2D eigenvalue weighted by molar-refractivity contribution is -0.167. The quantitative estimate of drug-likeness (QED) is 0.0262. The van der Waals surface area contributed by atoms with Crippen LogP contribution in [-0.4, -0.2) is 37.2 Å². The van der Waals surface area contributed by atoms with Gasteiger partial charge in [0.1, 0.15) is 13.2 Å². The van der Waals surface area contributed by atoms with Gasteiger partial charge in [-0.05, 0) is 44.9 Å². The molecule has 1 unspecified atom stereocenters. The lowest BCUT2D eigenvalue weighted by Gasteiger charge is -2.18. The summed E-state index contributed by atoms with van der Waals surface area (Å²) < 4.78 is 16.9. The molecule has 0 bridgehead atoms. The number of hydrogen-bond donors (Lipinski definition) is 0. The summed E-state index contributed by atoms with van der Waals surface area (Å²) in [5, 5.41) is 0. The molecule has 0 aliphatic rings. The molecule has 0 fully saturated rings. The lowest BCUT2D eigenvalue weighted by atomic mass is 10.0. The summed E-state index contributed by atoms with van der Waals surface area (Å²) in [6, 6.07) is 0. The summed E-state index contributed by atoms with van der Waals surface area (Å²) in [5.74, 6) is -0.844. The molecule has 0 rings (SSSR count). The van der Waals surface area contributed by atoms with Gasteiger partial charge in [-0.2, -0.15) is 0 Å². The van der Waals surface area contributed by atoms with Gasteiger partial charge in [-0.1, -0.05) is 277 Å². The van der Waals surface area contributed by atoms with Crippen molar-refractivity contribution >= 4 is 17.9 Å². The summed E-state index contributed by atoms with van der Waals surface area (Å²) >= 11 is 0. The monoisotopic (exact) mass is 917 g/mol. The Balaban J connectivity index is 4.31. The van der Waals surface area contributed by atoms with Gasteiger partial charge in [0.05, 0.1) is 0 Å². The third-order valence-corrected chi connectivity index (χ3v) is 13.3. The van der Waals surface area contributed by atoms with E-state index >= 15 is 0 Å². The van der Waals surface area contributed by atoms with E-state index in [4.69, 9.17) is 14.2 Å². The summed E-state index contributed by atoms with van der Waals surface area (Å²) in [7, 11) is 0. The molecule has 0 amide bonds. The van der Waals surface area contributed by atoms with Crippen molar-refractivity contribution in [2.75, 3.05) is 13.2 Å². The van der Waals surface area contributed by atoms with E-state index in [2.05, 4.69) is 32.9 Å². The molecule has 0 saturated carbocycles. The number of esters is 3. The average molecular weight is 918 g/mol. The molecule has 384 valence electrons. The van der Waals surface area contributed by atoms with E-state index in [1.54, 1.807) is 0 Å². The van der Waals surface area contributed by atoms with Crippen molar-refractivity contribution in [3.05, 3.63) is 12.2 Å². The molecule has 0 N–H and O–H groups in total. The van der Waals surface area contributed by atoms with Crippen LogP contribution in [0.1, 0.15) is 329 Å². The number of unbranched alkanes of at least 4 members (excludes halogenated alkanes) is 41. The normalized spacial score (nSPS) is 12.0. The average Bonchev–Trinajstić information content (AvgIpc) is 3.30. The Labute approximate surface area is 405 Å². The van der Waals surface area contributed by atoms with E-state index in [1.807, 2.05) is 0 Å². The minimum absolute atomic E-state index is 0.0651. The first-order chi connectivity index (χ1) is 32.0. The molecule has 0 aliphatic heterocycles. The van der Waals surface area contributed by atoms with Crippen molar-refractivity contribution < 1.29 is 28.6 Å². The van der Waals surface area contributed by atoms with Crippen LogP contribution in [0.4, 0.5) is 0 Å². The van der Waals surface area contributed by atoms with Crippen molar-refractivity contribution in [3.8, 4) is 0 Å². The number of carbonyl (C=O) groups excluding carboxylic acids is 3. The van der Waals surface area contributed by atoms with E-state index in [0.717, 1.165) is 57.8 Å². The Morgan fingerprint density at radius 2 is 0.508 bits per heavy atom. The second kappa shape index (κ2) is 54.8. The molecule has 0 aromatic rings. The topological polar surface area (TPSA) is 78.9 Å². The first-order valence-corrected chi connectivity index (χ1v) is 29.2. The van der Waals surface area contributed by atoms with E-state index < -0.39 is 6.10 Å². The maximum Gasteiger partial charge on any atom is 0.306 e. The molecule has 6 heteroatoms. The van der Waals surface area contributed by atoms with Gasteiger partial charge in [-0.15, -0.1) is 0 Å². The highest BCUT2D eigenvalue weighted by atomic mass is 16.6. The zero-order chi connectivity index (χ0) is 47.2. The standard InChI is InChI=1S/C59H112O6/c1-4-7-10-13-16-19-22-25-28-29-32-34-37-40-43-46-49-52-58(61)64-55-56(65-59(62)53-50-47-44-41-38-35-31-27-24-21-18-15-12-9-6-3)54-63-57(60)51-48-45-42-39-36-33-30-26-23-20-17-14-11-8-5-2/h25,28,56H,4-24,26-27,29-55H2,1-3H3/b28-25-. The Kier molecular flexibility index (Phi) is 53.2. The minimum Gasteiger partial charge on any atom is -0.462 e. The van der Waals surface area contributed by atoms with Crippen molar-refractivity contribution in [1.82, 2.24) is 0 Å². The van der Waals surface area contributed by atoms with Crippen LogP contribution < -0.4 is 0 Å². The molecular formula is C59H112O6. The van der Waals surface area contributed by atoms with Crippen LogP contribution in [0.5, 0.6) is 0 Å². The van der Waals surface area contributed by atoms with E-state index in [1.165, 1.54) is 231 Å². The maximum absolute atomic E-state index is 12.8. The molecule has 0 aliphatic carbocycles. The first-order valence-electron chi connectivity index (χ1n) is 29.2. The first kappa shape index (κ1) is 63.1. The van der Waals surface area contributed by atoms with Crippen LogP contribution >= 0.6 is 0 Å². The Morgan fingerprint density at radius 3 is 0.769 bits per heavy atom. The lowest BCUT2D eigenvalue weighted by Crippen LogP contribution is -2.30. The van der Waals surface area contributed by atoms with Crippen molar-refractivity contribution in [2.45, 2.75) is 335 Å². The zero-order valence-electron chi connectivity index (χ0n) is 44.0. The van der Waals surface area contributed by atoms with Gasteiger partial charge in [0.15, 0.2) is 6.10 Å². The Morgan fingerprint density at radius 1 is 0.292 bits per heavy atom. The van der Waals surface area contributed by atoms with E-state index in [0.29, 0.717) is 19.3 Å². The van der Waals surface area contributed by atoms with Gasteiger partial charge in [0, 0.05) is 19.3 Å². The summed E-state index contributed by atoms with van der Waals surface area (Å²) in [6.07, 6.45) is 62.0. The van der Waals surface area contributed by atoms with Gasteiger partial charge in [-0.25, -0.2) is 0 Å². The maximum atomic E-state index is 12.8. The molecule has 0 aromatic heterocycles. The van der Waals surface area contributed by atoms with Gasteiger partial charge in [0.2, 0.25) is 0 Å². The highest BCUT2D eigenvalue weighted by Gasteiger charge is 2.19. The van der Waals surface area contributed by atoms with Gasteiger partial charge < -0.3 is 14.2 Å². The third kappa shape index (κ3) is 53.0. The fourth-order valence-electron chi connectivity index (χ4n) is 8.85. The molecule has 0 aromatic carbocycles. The Bertz CT molecular complexity index is 1010. The van der Waals surface area contributed by atoms with Crippen LogP contribution in [0.3, 0.4) is 0 Å². The molecule has 0 saturated heterocycles. The molecule has 0 radical (unpaired) electrons.